The number of rotatable bonds is 5. The molecule has 5 unspecified atom stereocenters. The number of carbonyl (C=O) groups excluding carboxylic acids is 1. The molecule has 1 amide bonds. The summed E-state index contributed by atoms with van der Waals surface area (Å²) < 4.78 is 5.47. The van der Waals surface area contributed by atoms with Crippen LogP contribution in [0.5, 0.6) is 5.75 Å². The molecule has 136 valence electrons. The van der Waals surface area contributed by atoms with Gasteiger partial charge in [-0.25, -0.2) is 0 Å². The minimum Gasteiger partial charge on any atom is -0.495 e. The minimum atomic E-state index is 0.0467. The number of fused-ring (bicyclic) bond motifs is 2. The maximum Gasteiger partial charge on any atom is 0.224 e. The van der Waals surface area contributed by atoms with Crippen LogP contribution in [-0.2, 0) is 4.79 Å². The number of hydrogen-bond donors (Lipinski definition) is 2. The van der Waals surface area contributed by atoms with E-state index in [2.05, 4.69) is 16.3 Å². The number of nitrogens with two attached hydrogens (primary N) is 1. The van der Waals surface area contributed by atoms with E-state index in [4.69, 9.17) is 10.5 Å². The fourth-order valence-corrected chi connectivity index (χ4v) is 5.20. The van der Waals surface area contributed by atoms with Crippen molar-refractivity contribution in [1.82, 2.24) is 5.32 Å². The van der Waals surface area contributed by atoms with E-state index in [0.29, 0.717) is 17.8 Å². The molecule has 0 aromatic heterocycles. The Morgan fingerprint density at radius 3 is 2.84 bits per heavy atom. The van der Waals surface area contributed by atoms with Crippen molar-refractivity contribution in [1.29, 1.82) is 0 Å². The largest absolute Gasteiger partial charge is 0.495 e. The zero-order valence-electron chi connectivity index (χ0n) is 15.0. The smallest absolute Gasteiger partial charge is 0.224 e. The van der Waals surface area contributed by atoms with E-state index in [1.54, 1.807) is 7.11 Å². The van der Waals surface area contributed by atoms with Crippen molar-refractivity contribution in [3.8, 4) is 5.75 Å². The molecule has 3 N–H and O–H groups in total. The molecule has 3 aliphatic rings. The van der Waals surface area contributed by atoms with E-state index in [9.17, 15) is 4.79 Å². The summed E-state index contributed by atoms with van der Waals surface area (Å²) in [7, 11) is 1.71. The Kier molecular flexibility index (Phi) is 4.59. The van der Waals surface area contributed by atoms with Crippen LogP contribution in [0.2, 0.25) is 0 Å². The SMILES string of the molecule is COc1ccccc1N1CCC(CNC(=O)C2C3CCC(C3)C2N)C1. The monoisotopic (exact) mass is 343 g/mol. The summed E-state index contributed by atoms with van der Waals surface area (Å²) in [6, 6.07) is 8.22. The number of hydrogen-bond acceptors (Lipinski definition) is 4. The van der Waals surface area contributed by atoms with E-state index < -0.39 is 0 Å². The second-order valence-electron chi connectivity index (χ2n) is 7.95. The Bertz CT molecular complexity index is 633. The molecule has 0 radical (unpaired) electrons. The van der Waals surface area contributed by atoms with E-state index in [1.165, 1.54) is 12.8 Å². The summed E-state index contributed by atoms with van der Waals surface area (Å²) in [5.41, 5.74) is 7.44. The van der Waals surface area contributed by atoms with Gasteiger partial charge >= 0.3 is 0 Å². The maximum absolute atomic E-state index is 12.6. The molecule has 1 aromatic rings. The number of benzene rings is 1. The van der Waals surface area contributed by atoms with Gasteiger partial charge in [0.1, 0.15) is 5.75 Å². The number of methoxy groups -OCH3 is 1. The van der Waals surface area contributed by atoms with Crippen molar-refractivity contribution in [2.45, 2.75) is 31.7 Å². The molecular weight excluding hydrogens is 314 g/mol. The van der Waals surface area contributed by atoms with E-state index in [0.717, 1.165) is 43.9 Å². The lowest BCUT2D eigenvalue weighted by atomic mass is 9.84. The Balaban J connectivity index is 1.31. The zero-order chi connectivity index (χ0) is 17.4. The second-order valence-corrected chi connectivity index (χ2v) is 7.95. The number of amides is 1. The van der Waals surface area contributed by atoms with Gasteiger partial charge in [-0.1, -0.05) is 12.1 Å². The highest BCUT2D eigenvalue weighted by molar-refractivity contribution is 5.80. The topological polar surface area (TPSA) is 67.6 Å². The summed E-state index contributed by atoms with van der Waals surface area (Å²) in [6.45, 7) is 2.73. The van der Waals surface area contributed by atoms with Crippen LogP contribution in [0, 0.1) is 23.7 Å². The first-order valence-electron chi connectivity index (χ1n) is 9.58. The van der Waals surface area contributed by atoms with Crippen LogP contribution < -0.4 is 20.7 Å². The number of nitrogens with zero attached hydrogens (tertiary/aromatic N) is 1. The molecule has 1 aromatic carbocycles. The van der Waals surface area contributed by atoms with Crippen LogP contribution in [0.25, 0.3) is 0 Å². The molecule has 2 aliphatic carbocycles. The normalized spacial score (nSPS) is 33.7. The third-order valence-corrected chi connectivity index (χ3v) is 6.56. The van der Waals surface area contributed by atoms with Gasteiger partial charge in [0.25, 0.3) is 0 Å². The standard InChI is InChI=1S/C20H29N3O2/c1-25-17-5-3-2-4-16(17)23-9-8-13(12-23)11-22-20(24)18-14-6-7-15(10-14)19(18)21/h2-5,13-15,18-19H,6-12,21H2,1H3,(H,22,24). The number of ether oxygens (including phenoxy) is 1. The molecule has 25 heavy (non-hydrogen) atoms. The molecule has 1 aliphatic heterocycles. The Hall–Kier alpha value is -1.75. The average Bonchev–Trinajstić information content (AvgIpc) is 3.35. The molecule has 2 saturated carbocycles. The zero-order valence-corrected chi connectivity index (χ0v) is 15.0. The van der Waals surface area contributed by atoms with Gasteiger partial charge in [0, 0.05) is 25.7 Å². The quantitative estimate of drug-likeness (QED) is 0.858. The Labute approximate surface area is 149 Å². The van der Waals surface area contributed by atoms with Gasteiger partial charge in [0.15, 0.2) is 0 Å². The third kappa shape index (κ3) is 3.10. The fraction of sp³-hybridized carbons (Fsp3) is 0.650. The van der Waals surface area contributed by atoms with Crippen LogP contribution in [0.15, 0.2) is 24.3 Å². The molecule has 0 spiro atoms. The number of nitrogens with one attached hydrogen (secondary N) is 1. The number of carbonyl (C=O) groups is 1. The first kappa shape index (κ1) is 16.7. The van der Waals surface area contributed by atoms with E-state index in [1.807, 2.05) is 18.2 Å². The lowest BCUT2D eigenvalue weighted by Gasteiger charge is -2.27. The van der Waals surface area contributed by atoms with Gasteiger partial charge in [0.2, 0.25) is 5.91 Å². The van der Waals surface area contributed by atoms with Crippen LogP contribution >= 0.6 is 0 Å². The molecule has 4 rings (SSSR count). The van der Waals surface area contributed by atoms with Gasteiger partial charge in [-0.3, -0.25) is 4.79 Å². The van der Waals surface area contributed by atoms with Crippen molar-refractivity contribution in [2.75, 3.05) is 31.6 Å². The third-order valence-electron chi connectivity index (χ3n) is 6.56. The molecule has 5 nitrogen and oxygen atoms in total. The highest BCUT2D eigenvalue weighted by atomic mass is 16.5. The summed E-state index contributed by atoms with van der Waals surface area (Å²) in [5.74, 6) is 2.74. The lowest BCUT2D eigenvalue weighted by molar-refractivity contribution is -0.127. The van der Waals surface area contributed by atoms with Crippen LogP contribution in [0.4, 0.5) is 5.69 Å². The van der Waals surface area contributed by atoms with Crippen molar-refractivity contribution in [3.05, 3.63) is 24.3 Å². The number of anilines is 1. The highest BCUT2D eigenvalue weighted by Gasteiger charge is 2.49. The predicted molar refractivity (Wildman–Crippen MR) is 98.6 cm³/mol. The van der Waals surface area contributed by atoms with Crippen LogP contribution in [0.1, 0.15) is 25.7 Å². The Morgan fingerprint density at radius 2 is 2.08 bits per heavy atom. The van der Waals surface area contributed by atoms with Crippen molar-refractivity contribution in [2.24, 2.45) is 29.4 Å². The van der Waals surface area contributed by atoms with Gasteiger partial charge < -0.3 is 20.7 Å². The lowest BCUT2D eigenvalue weighted by Crippen LogP contribution is -2.46. The summed E-state index contributed by atoms with van der Waals surface area (Å²) >= 11 is 0. The molecular formula is C20H29N3O2. The van der Waals surface area contributed by atoms with Crippen molar-refractivity contribution < 1.29 is 9.53 Å². The highest BCUT2D eigenvalue weighted by Crippen LogP contribution is 2.47. The average molecular weight is 343 g/mol. The van der Waals surface area contributed by atoms with Gasteiger partial charge in [-0.2, -0.15) is 0 Å². The summed E-state index contributed by atoms with van der Waals surface area (Å²) in [4.78, 5) is 15.0. The maximum atomic E-state index is 12.6. The minimum absolute atomic E-state index is 0.0467. The van der Waals surface area contributed by atoms with Crippen molar-refractivity contribution >= 4 is 11.6 Å². The van der Waals surface area contributed by atoms with E-state index >= 15 is 0 Å². The second kappa shape index (κ2) is 6.87. The Morgan fingerprint density at radius 1 is 1.28 bits per heavy atom. The first-order chi connectivity index (χ1) is 12.2. The number of para-hydroxylation sites is 2. The van der Waals surface area contributed by atoms with Gasteiger partial charge in [-0.15, -0.1) is 0 Å². The van der Waals surface area contributed by atoms with Crippen LogP contribution in [0.3, 0.4) is 0 Å². The summed E-state index contributed by atoms with van der Waals surface area (Å²) in [5, 5.41) is 3.21. The van der Waals surface area contributed by atoms with Gasteiger partial charge in [-0.05, 0) is 55.6 Å². The fourth-order valence-electron chi connectivity index (χ4n) is 5.20. The van der Waals surface area contributed by atoms with Crippen LogP contribution in [-0.4, -0.2) is 38.7 Å². The molecule has 3 fully saturated rings. The summed E-state index contributed by atoms with van der Waals surface area (Å²) in [6.07, 6.45) is 4.65. The molecule has 1 heterocycles. The molecule has 5 atom stereocenters. The van der Waals surface area contributed by atoms with E-state index in [-0.39, 0.29) is 17.9 Å². The predicted octanol–water partition coefficient (Wildman–Crippen LogP) is 2.01. The molecule has 2 bridgehead atoms. The first-order valence-corrected chi connectivity index (χ1v) is 9.58. The van der Waals surface area contributed by atoms with Crippen molar-refractivity contribution in [3.63, 3.8) is 0 Å². The van der Waals surface area contributed by atoms with Gasteiger partial charge in [0.05, 0.1) is 18.7 Å². The molecule has 5 heteroatoms. The molecule has 1 saturated heterocycles.